The zero-order valence-electron chi connectivity index (χ0n) is 15.6. The molecule has 0 N–H and O–H groups in total. The lowest BCUT2D eigenvalue weighted by Gasteiger charge is -2.43. The first-order valence-corrected chi connectivity index (χ1v) is 7.99. The first-order chi connectivity index (χ1) is 12.5. The van der Waals surface area contributed by atoms with Crippen LogP contribution in [0.1, 0.15) is 34.6 Å². The van der Waals surface area contributed by atoms with E-state index in [-0.39, 0.29) is 0 Å². The summed E-state index contributed by atoms with van der Waals surface area (Å²) in [4.78, 5) is 57.0. The molecule has 0 amide bonds. The predicted octanol–water partition coefficient (Wildman–Crippen LogP) is -0.367. The summed E-state index contributed by atoms with van der Waals surface area (Å²) in [6, 6.07) is 0. The molecule has 0 radical (unpaired) electrons. The van der Waals surface area contributed by atoms with Crippen LogP contribution in [0.5, 0.6) is 0 Å². The molecule has 1 aliphatic heterocycles. The lowest BCUT2D eigenvalue weighted by Crippen LogP contribution is -2.63. The molecule has 27 heavy (non-hydrogen) atoms. The Balaban J connectivity index is 3.29. The van der Waals surface area contributed by atoms with Crippen LogP contribution in [0, 0.1) is 0 Å². The quantitative estimate of drug-likeness (QED) is 0.433. The van der Waals surface area contributed by atoms with Gasteiger partial charge in [0.25, 0.3) is 0 Å². The van der Waals surface area contributed by atoms with Gasteiger partial charge in [-0.3, -0.25) is 24.0 Å². The molecule has 0 aliphatic carbocycles. The van der Waals surface area contributed by atoms with Gasteiger partial charge in [-0.2, -0.15) is 0 Å². The van der Waals surface area contributed by atoms with Gasteiger partial charge in [0, 0.05) is 34.6 Å². The molecule has 152 valence electrons. The highest BCUT2D eigenvalue weighted by molar-refractivity contribution is 5.69. The van der Waals surface area contributed by atoms with E-state index < -0.39 is 67.2 Å². The molecular formula is C16H22O11. The average Bonchev–Trinajstić information content (AvgIpc) is 2.49. The summed E-state index contributed by atoms with van der Waals surface area (Å²) in [5, 5.41) is 0. The van der Waals surface area contributed by atoms with E-state index >= 15 is 0 Å². The fraction of sp³-hybridized carbons (Fsp3) is 0.688. The van der Waals surface area contributed by atoms with Crippen molar-refractivity contribution in [2.45, 2.75) is 65.3 Å². The summed E-state index contributed by atoms with van der Waals surface area (Å²) in [5.41, 5.74) is 0. The second-order valence-electron chi connectivity index (χ2n) is 5.68. The van der Waals surface area contributed by atoms with Gasteiger partial charge < -0.3 is 28.4 Å². The standard InChI is InChI=1S/C16H22O11/c1-7(17)22-6-12-13(23-8(2)18)14(24-9(3)19)15(25-10(4)20)16(27-12)26-11(5)21/h12-16H,6H2,1-5H3/t12-,13-,14+,15-,16?/m0/s1. The summed E-state index contributed by atoms with van der Waals surface area (Å²) < 4.78 is 30.8. The van der Waals surface area contributed by atoms with Gasteiger partial charge in [0.15, 0.2) is 12.2 Å². The molecule has 5 atom stereocenters. The molecule has 1 unspecified atom stereocenters. The van der Waals surface area contributed by atoms with E-state index in [0.717, 1.165) is 34.6 Å². The van der Waals surface area contributed by atoms with Gasteiger partial charge in [0.05, 0.1) is 0 Å². The molecule has 0 spiro atoms. The highest BCUT2D eigenvalue weighted by Crippen LogP contribution is 2.29. The predicted molar refractivity (Wildman–Crippen MR) is 83.7 cm³/mol. The third kappa shape index (κ3) is 7.21. The molecule has 1 aliphatic rings. The first-order valence-electron chi connectivity index (χ1n) is 7.99. The zero-order chi connectivity index (χ0) is 20.7. The molecule has 1 heterocycles. The lowest BCUT2D eigenvalue weighted by atomic mass is 9.98. The molecular weight excluding hydrogens is 368 g/mol. The Hall–Kier alpha value is -2.69. The first kappa shape index (κ1) is 22.4. The third-order valence-electron chi connectivity index (χ3n) is 3.23. The van der Waals surface area contributed by atoms with Gasteiger partial charge in [-0.1, -0.05) is 0 Å². The molecule has 0 bridgehead atoms. The Morgan fingerprint density at radius 2 is 1.07 bits per heavy atom. The second kappa shape index (κ2) is 9.86. The van der Waals surface area contributed by atoms with Crippen LogP contribution in [0.2, 0.25) is 0 Å². The van der Waals surface area contributed by atoms with Crippen LogP contribution in [-0.2, 0) is 52.4 Å². The number of ether oxygens (including phenoxy) is 6. The Kier molecular flexibility index (Phi) is 8.16. The van der Waals surface area contributed by atoms with Gasteiger partial charge in [-0.05, 0) is 0 Å². The van der Waals surface area contributed by atoms with E-state index in [4.69, 9.17) is 28.4 Å². The van der Waals surface area contributed by atoms with Crippen molar-refractivity contribution in [3.63, 3.8) is 0 Å². The monoisotopic (exact) mass is 390 g/mol. The largest absolute Gasteiger partial charge is 0.463 e. The van der Waals surface area contributed by atoms with Gasteiger partial charge in [-0.15, -0.1) is 0 Å². The number of rotatable bonds is 6. The minimum absolute atomic E-state index is 0.393. The van der Waals surface area contributed by atoms with Crippen molar-refractivity contribution in [1.29, 1.82) is 0 Å². The number of hydrogen-bond donors (Lipinski definition) is 0. The Morgan fingerprint density at radius 3 is 1.52 bits per heavy atom. The molecule has 1 fully saturated rings. The highest BCUT2D eigenvalue weighted by atomic mass is 16.7. The summed E-state index contributed by atoms with van der Waals surface area (Å²) in [6.45, 7) is 5.13. The van der Waals surface area contributed by atoms with Crippen molar-refractivity contribution < 1.29 is 52.4 Å². The molecule has 0 saturated carbocycles. The number of esters is 5. The van der Waals surface area contributed by atoms with Crippen LogP contribution >= 0.6 is 0 Å². The van der Waals surface area contributed by atoms with Crippen molar-refractivity contribution in [3.05, 3.63) is 0 Å². The molecule has 11 heteroatoms. The Morgan fingerprint density at radius 1 is 0.630 bits per heavy atom. The van der Waals surface area contributed by atoms with E-state index in [1.807, 2.05) is 0 Å². The van der Waals surface area contributed by atoms with Crippen molar-refractivity contribution in [2.75, 3.05) is 6.61 Å². The van der Waals surface area contributed by atoms with Gasteiger partial charge in [-0.25, -0.2) is 0 Å². The van der Waals surface area contributed by atoms with Crippen LogP contribution in [0.15, 0.2) is 0 Å². The van der Waals surface area contributed by atoms with E-state index in [2.05, 4.69) is 0 Å². The second-order valence-corrected chi connectivity index (χ2v) is 5.68. The lowest BCUT2D eigenvalue weighted by molar-refractivity contribution is -0.300. The van der Waals surface area contributed by atoms with Gasteiger partial charge in [0.1, 0.15) is 12.7 Å². The Bertz CT molecular complexity index is 599. The minimum Gasteiger partial charge on any atom is -0.463 e. The fourth-order valence-corrected chi connectivity index (χ4v) is 2.45. The van der Waals surface area contributed by atoms with Crippen molar-refractivity contribution in [2.24, 2.45) is 0 Å². The van der Waals surface area contributed by atoms with Crippen LogP contribution in [-0.4, -0.2) is 67.2 Å². The number of carbonyl (C=O) groups is 5. The van der Waals surface area contributed by atoms with Crippen LogP contribution in [0.3, 0.4) is 0 Å². The average molecular weight is 390 g/mol. The van der Waals surface area contributed by atoms with Crippen LogP contribution in [0.4, 0.5) is 0 Å². The summed E-state index contributed by atoms with van der Waals surface area (Å²) in [5.74, 6) is -3.71. The van der Waals surface area contributed by atoms with Crippen LogP contribution < -0.4 is 0 Å². The normalized spacial score (nSPS) is 27.1. The van der Waals surface area contributed by atoms with Crippen LogP contribution in [0.25, 0.3) is 0 Å². The van der Waals surface area contributed by atoms with Crippen molar-refractivity contribution in [1.82, 2.24) is 0 Å². The number of carbonyl (C=O) groups excluding carboxylic acids is 5. The smallest absolute Gasteiger partial charge is 0.305 e. The molecule has 0 aromatic heterocycles. The summed E-state index contributed by atoms with van der Waals surface area (Å²) in [6.07, 6.45) is -6.70. The summed E-state index contributed by atoms with van der Waals surface area (Å²) in [7, 11) is 0. The van der Waals surface area contributed by atoms with Crippen molar-refractivity contribution in [3.8, 4) is 0 Å². The van der Waals surface area contributed by atoms with Crippen molar-refractivity contribution >= 4 is 29.8 Å². The molecule has 1 rings (SSSR count). The molecule has 0 aromatic rings. The highest BCUT2D eigenvalue weighted by Gasteiger charge is 2.53. The maximum atomic E-state index is 11.5. The zero-order valence-corrected chi connectivity index (χ0v) is 15.6. The Labute approximate surface area is 155 Å². The molecule has 1 saturated heterocycles. The van der Waals surface area contributed by atoms with E-state index in [1.165, 1.54) is 0 Å². The molecule has 0 aromatic carbocycles. The minimum atomic E-state index is -1.48. The summed E-state index contributed by atoms with van der Waals surface area (Å²) >= 11 is 0. The fourth-order valence-electron chi connectivity index (χ4n) is 2.45. The van der Waals surface area contributed by atoms with Gasteiger partial charge >= 0.3 is 29.8 Å². The van der Waals surface area contributed by atoms with E-state index in [1.54, 1.807) is 0 Å². The van der Waals surface area contributed by atoms with E-state index in [9.17, 15) is 24.0 Å². The maximum absolute atomic E-state index is 11.5. The number of hydrogen-bond acceptors (Lipinski definition) is 11. The SMILES string of the molecule is CC(=O)OC[C@@H]1OC(OC(C)=O)[C@@H](OC(C)=O)[C@H](OC(C)=O)[C@H]1OC(C)=O. The maximum Gasteiger partial charge on any atom is 0.305 e. The third-order valence-corrected chi connectivity index (χ3v) is 3.23. The molecule has 11 nitrogen and oxygen atoms in total. The van der Waals surface area contributed by atoms with Gasteiger partial charge in [0.2, 0.25) is 12.4 Å². The van der Waals surface area contributed by atoms with E-state index in [0.29, 0.717) is 0 Å². The topological polar surface area (TPSA) is 141 Å².